The number of ether oxygens (including phenoxy) is 1. The van der Waals surface area contributed by atoms with Gasteiger partial charge in [-0.05, 0) is 42.5 Å². The first-order chi connectivity index (χ1) is 11.2. The number of methoxy groups -OCH3 is 1. The molecular weight excluding hydrogens is 358 g/mol. The summed E-state index contributed by atoms with van der Waals surface area (Å²) in [6.07, 6.45) is 3.77. The molecule has 0 bridgehead atoms. The van der Waals surface area contributed by atoms with E-state index in [-0.39, 0.29) is 11.9 Å². The molecule has 1 aromatic heterocycles. The van der Waals surface area contributed by atoms with Gasteiger partial charge in [0.05, 0.1) is 13.2 Å². The van der Waals surface area contributed by atoms with Crippen molar-refractivity contribution in [3.05, 3.63) is 52.3 Å². The summed E-state index contributed by atoms with van der Waals surface area (Å²) in [4.78, 5) is 12.2. The molecule has 1 saturated carbocycles. The van der Waals surface area contributed by atoms with Crippen molar-refractivity contribution in [3.8, 4) is 0 Å². The molecule has 0 spiro atoms. The van der Waals surface area contributed by atoms with Crippen molar-refractivity contribution in [1.82, 2.24) is 15.1 Å². The van der Waals surface area contributed by atoms with E-state index in [1.54, 1.807) is 24.1 Å². The normalized spacial score (nSPS) is 20.1. The maximum Gasteiger partial charge on any atom is 0.271 e. The first-order valence-electron chi connectivity index (χ1n) is 7.74. The third-order valence-corrected chi connectivity index (χ3v) is 4.74. The molecule has 1 amide bonds. The van der Waals surface area contributed by atoms with Gasteiger partial charge in [0.15, 0.2) is 0 Å². The summed E-state index contributed by atoms with van der Waals surface area (Å²) in [6.45, 7) is 1.24. The van der Waals surface area contributed by atoms with Gasteiger partial charge in [-0.2, -0.15) is 5.10 Å². The van der Waals surface area contributed by atoms with Gasteiger partial charge in [-0.3, -0.25) is 9.48 Å². The summed E-state index contributed by atoms with van der Waals surface area (Å²) in [6, 6.07) is 10.4. The molecule has 5 nitrogen and oxygen atoms in total. The maximum atomic E-state index is 12.2. The number of aromatic nitrogens is 2. The monoisotopic (exact) mass is 377 g/mol. The van der Waals surface area contributed by atoms with Crippen molar-refractivity contribution in [2.45, 2.75) is 31.3 Å². The van der Waals surface area contributed by atoms with Gasteiger partial charge in [0.1, 0.15) is 5.69 Å². The molecule has 0 unspecified atom stereocenters. The van der Waals surface area contributed by atoms with Crippen molar-refractivity contribution >= 4 is 21.8 Å². The highest BCUT2D eigenvalue weighted by atomic mass is 79.9. The van der Waals surface area contributed by atoms with Crippen LogP contribution in [0.1, 0.15) is 34.8 Å². The molecule has 1 fully saturated rings. The quantitative estimate of drug-likeness (QED) is 0.841. The first kappa shape index (κ1) is 16.2. The Morgan fingerprint density at radius 2 is 2.09 bits per heavy atom. The number of hydrogen-bond acceptors (Lipinski definition) is 3. The van der Waals surface area contributed by atoms with Crippen LogP contribution in [-0.2, 0) is 11.3 Å². The summed E-state index contributed by atoms with van der Waals surface area (Å²) in [5, 5.41) is 7.32. The van der Waals surface area contributed by atoms with E-state index in [2.05, 4.69) is 50.6 Å². The zero-order chi connectivity index (χ0) is 16.2. The van der Waals surface area contributed by atoms with Crippen LogP contribution in [0.2, 0.25) is 0 Å². The van der Waals surface area contributed by atoms with E-state index in [1.165, 1.54) is 5.56 Å². The molecule has 1 N–H and O–H groups in total. The van der Waals surface area contributed by atoms with Crippen molar-refractivity contribution < 1.29 is 9.53 Å². The molecule has 0 aliphatic heterocycles. The smallest absolute Gasteiger partial charge is 0.271 e. The summed E-state index contributed by atoms with van der Waals surface area (Å²) in [7, 11) is 1.65. The minimum Gasteiger partial charge on any atom is -0.383 e. The topological polar surface area (TPSA) is 56.1 Å². The largest absolute Gasteiger partial charge is 0.383 e. The fourth-order valence-corrected chi connectivity index (χ4v) is 3.06. The number of carbonyl (C=O) groups excluding carboxylic acids is 1. The van der Waals surface area contributed by atoms with Crippen LogP contribution in [0.4, 0.5) is 0 Å². The fraction of sp³-hybridized carbons (Fsp3) is 0.412. The standard InChI is InChI=1S/C17H20BrN3O2/c1-23-9-8-21-7-6-16(20-21)17(22)19-15-10-13(11-15)12-2-4-14(18)5-3-12/h2-7,13,15H,8-11H2,1H3,(H,19,22). The maximum absolute atomic E-state index is 12.2. The molecule has 0 saturated heterocycles. The molecule has 23 heavy (non-hydrogen) atoms. The number of carbonyl (C=O) groups is 1. The Morgan fingerprint density at radius 1 is 1.35 bits per heavy atom. The average Bonchev–Trinajstić information content (AvgIpc) is 2.98. The van der Waals surface area contributed by atoms with E-state index >= 15 is 0 Å². The molecular formula is C17H20BrN3O2. The van der Waals surface area contributed by atoms with Gasteiger partial charge in [0.2, 0.25) is 0 Å². The number of nitrogens with zero attached hydrogens (tertiary/aromatic N) is 2. The van der Waals surface area contributed by atoms with Crippen molar-refractivity contribution in [3.63, 3.8) is 0 Å². The molecule has 6 heteroatoms. The lowest BCUT2D eigenvalue weighted by molar-refractivity contribution is 0.0902. The third kappa shape index (κ3) is 4.00. The Balaban J connectivity index is 1.48. The molecule has 0 atom stereocenters. The Bertz CT molecular complexity index is 663. The Labute approximate surface area is 144 Å². The van der Waals surface area contributed by atoms with Gasteiger partial charge < -0.3 is 10.1 Å². The van der Waals surface area contributed by atoms with Crippen molar-refractivity contribution in [1.29, 1.82) is 0 Å². The zero-order valence-corrected chi connectivity index (χ0v) is 14.6. The number of amides is 1. The Morgan fingerprint density at radius 3 is 2.78 bits per heavy atom. The molecule has 2 aromatic rings. The fourth-order valence-electron chi connectivity index (χ4n) is 2.79. The number of nitrogens with one attached hydrogen (secondary N) is 1. The van der Waals surface area contributed by atoms with Gasteiger partial charge in [0.25, 0.3) is 5.91 Å². The third-order valence-electron chi connectivity index (χ3n) is 4.21. The van der Waals surface area contributed by atoms with Crippen LogP contribution in [0.5, 0.6) is 0 Å². The molecule has 122 valence electrons. The second kappa shape index (κ2) is 7.27. The van der Waals surface area contributed by atoms with Crippen LogP contribution >= 0.6 is 15.9 Å². The van der Waals surface area contributed by atoms with Crippen molar-refractivity contribution in [2.24, 2.45) is 0 Å². The molecule has 3 rings (SSSR count). The predicted molar refractivity (Wildman–Crippen MR) is 91.5 cm³/mol. The average molecular weight is 378 g/mol. The first-order valence-corrected chi connectivity index (χ1v) is 8.53. The Hall–Kier alpha value is -1.66. The minimum absolute atomic E-state index is 0.0968. The van der Waals surface area contributed by atoms with Crippen LogP contribution in [0.25, 0.3) is 0 Å². The number of hydrogen-bond donors (Lipinski definition) is 1. The number of halogens is 1. The van der Waals surface area contributed by atoms with Crippen LogP contribution in [-0.4, -0.2) is 35.4 Å². The van der Waals surface area contributed by atoms with E-state index in [1.807, 2.05) is 0 Å². The lowest BCUT2D eigenvalue weighted by atomic mass is 9.76. The van der Waals surface area contributed by atoms with Gasteiger partial charge in [0, 0.05) is 23.8 Å². The highest BCUT2D eigenvalue weighted by Gasteiger charge is 2.31. The summed E-state index contributed by atoms with van der Waals surface area (Å²) in [5.74, 6) is 0.438. The lowest BCUT2D eigenvalue weighted by Crippen LogP contribution is -2.43. The second-order valence-electron chi connectivity index (χ2n) is 5.85. The summed E-state index contributed by atoms with van der Waals surface area (Å²) < 4.78 is 7.82. The minimum atomic E-state index is -0.0968. The van der Waals surface area contributed by atoms with Crippen LogP contribution in [0.15, 0.2) is 41.0 Å². The van der Waals surface area contributed by atoms with E-state index < -0.39 is 0 Å². The number of benzene rings is 1. The van der Waals surface area contributed by atoms with Crippen LogP contribution in [0, 0.1) is 0 Å². The molecule has 0 radical (unpaired) electrons. The van der Waals surface area contributed by atoms with E-state index in [9.17, 15) is 4.79 Å². The van der Waals surface area contributed by atoms with Gasteiger partial charge in [-0.25, -0.2) is 0 Å². The van der Waals surface area contributed by atoms with Crippen molar-refractivity contribution in [2.75, 3.05) is 13.7 Å². The lowest BCUT2D eigenvalue weighted by Gasteiger charge is -2.36. The zero-order valence-electron chi connectivity index (χ0n) is 13.0. The molecule has 1 aromatic carbocycles. The molecule has 1 heterocycles. The van der Waals surface area contributed by atoms with Crippen LogP contribution < -0.4 is 5.32 Å². The highest BCUT2D eigenvalue weighted by Crippen LogP contribution is 2.37. The van der Waals surface area contributed by atoms with Gasteiger partial charge >= 0.3 is 0 Å². The Kier molecular flexibility index (Phi) is 5.13. The van der Waals surface area contributed by atoms with Crippen LogP contribution in [0.3, 0.4) is 0 Å². The SMILES string of the molecule is COCCn1ccc(C(=O)NC2CC(c3ccc(Br)cc3)C2)n1. The van der Waals surface area contributed by atoms with E-state index in [0.717, 1.165) is 17.3 Å². The highest BCUT2D eigenvalue weighted by molar-refractivity contribution is 9.10. The predicted octanol–water partition coefficient (Wildman–Crippen LogP) is 2.97. The van der Waals surface area contributed by atoms with E-state index in [0.29, 0.717) is 24.8 Å². The van der Waals surface area contributed by atoms with E-state index in [4.69, 9.17) is 4.74 Å². The summed E-state index contributed by atoms with van der Waals surface area (Å²) >= 11 is 3.45. The van der Waals surface area contributed by atoms with Gasteiger partial charge in [-0.15, -0.1) is 0 Å². The molecule has 1 aliphatic rings. The summed E-state index contributed by atoms with van der Waals surface area (Å²) in [5.41, 5.74) is 1.80. The molecule has 1 aliphatic carbocycles. The number of rotatable bonds is 6. The van der Waals surface area contributed by atoms with Gasteiger partial charge in [-0.1, -0.05) is 28.1 Å². The second-order valence-corrected chi connectivity index (χ2v) is 6.76.